The van der Waals surface area contributed by atoms with Crippen molar-refractivity contribution in [3.8, 4) is 0 Å². The molecule has 0 aromatic carbocycles. The number of anilines is 2. The topological polar surface area (TPSA) is 103 Å². The molecule has 1 amide bonds. The molecular formula is C20H22F6N6O3. The average Bonchev–Trinajstić information content (AvgIpc) is 2.80. The lowest BCUT2D eigenvalue weighted by Crippen LogP contribution is -2.49. The molecule has 192 valence electrons. The third-order valence-electron chi connectivity index (χ3n) is 5.19. The van der Waals surface area contributed by atoms with E-state index in [1.807, 2.05) is 0 Å². The van der Waals surface area contributed by atoms with Crippen LogP contribution in [-0.4, -0.2) is 71.9 Å². The third-order valence-corrected chi connectivity index (χ3v) is 5.19. The first-order valence-electron chi connectivity index (χ1n) is 10.5. The van der Waals surface area contributed by atoms with Gasteiger partial charge in [-0.1, -0.05) is 0 Å². The molecule has 2 aromatic heterocycles. The van der Waals surface area contributed by atoms with Crippen molar-refractivity contribution in [2.45, 2.75) is 18.8 Å². The molecule has 9 nitrogen and oxygen atoms in total. The minimum atomic E-state index is -4.85. The number of nitrogens with one attached hydrogen (secondary N) is 2. The van der Waals surface area contributed by atoms with Gasteiger partial charge in [-0.25, -0.2) is 10.1 Å². The molecule has 3 rings (SSSR count). The molecule has 0 aliphatic carbocycles. The van der Waals surface area contributed by atoms with E-state index in [-0.39, 0.29) is 32.1 Å². The van der Waals surface area contributed by atoms with Gasteiger partial charge in [-0.3, -0.25) is 9.59 Å². The SMILES string of the molecule is O=C(CCOCCNc1cn[nH]c(=O)c1C(F)(F)F)N1CCN(c2ccc(C(F)(F)F)cn2)CC1. The van der Waals surface area contributed by atoms with Gasteiger partial charge in [0.1, 0.15) is 11.4 Å². The highest BCUT2D eigenvalue weighted by atomic mass is 19.4. The van der Waals surface area contributed by atoms with Gasteiger partial charge < -0.3 is 19.9 Å². The second-order valence-corrected chi connectivity index (χ2v) is 7.55. The summed E-state index contributed by atoms with van der Waals surface area (Å²) in [5.74, 6) is 0.210. The number of hydrogen-bond donors (Lipinski definition) is 2. The summed E-state index contributed by atoms with van der Waals surface area (Å²) in [6.45, 7) is 1.52. The van der Waals surface area contributed by atoms with Crippen LogP contribution in [0.2, 0.25) is 0 Å². The Balaban J connectivity index is 1.36. The Hall–Kier alpha value is -3.36. The number of aromatic amines is 1. The number of rotatable bonds is 8. The quantitative estimate of drug-likeness (QED) is 0.417. The lowest BCUT2D eigenvalue weighted by molar-refractivity contribution is -0.138. The predicted octanol–water partition coefficient (Wildman–Crippen LogP) is 2.37. The molecule has 0 spiro atoms. The fraction of sp³-hybridized carbons (Fsp3) is 0.500. The maximum Gasteiger partial charge on any atom is 0.423 e. The molecule has 1 fully saturated rings. The summed E-state index contributed by atoms with van der Waals surface area (Å²) in [5.41, 5.74) is -4.04. The monoisotopic (exact) mass is 508 g/mol. The number of piperazine rings is 1. The number of carbonyl (C=O) groups excluding carboxylic acids is 1. The second-order valence-electron chi connectivity index (χ2n) is 7.55. The summed E-state index contributed by atoms with van der Waals surface area (Å²) < 4.78 is 82.2. The third kappa shape index (κ3) is 7.07. The molecule has 3 heterocycles. The minimum absolute atomic E-state index is 0.00918. The van der Waals surface area contributed by atoms with Crippen LogP contribution in [0, 0.1) is 0 Å². The van der Waals surface area contributed by atoms with E-state index in [2.05, 4.69) is 15.4 Å². The zero-order valence-corrected chi connectivity index (χ0v) is 18.2. The summed E-state index contributed by atoms with van der Waals surface area (Å²) in [4.78, 5) is 31.0. The Morgan fingerprint density at radius 1 is 1.03 bits per heavy atom. The summed E-state index contributed by atoms with van der Waals surface area (Å²) in [5, 5.41) is 7.52. The number of amides is 1. The lowest BCUT2D eigenvalue weighted by atomic mass is 10.2. The van der Waals surface area contributed by atoms with Gasteiger partial charge in [-0.05, 0) is 12.1 Å². The van der Waals surface area contributed by atoms with E-state index in [0.29, 0.717) is 32.0 Å². The van der Waals surface area contributed by atoms with E-state index in [1.165, 1.54) is 6.07 Å². The van der Waals surface area contributed by atoms with Gasteiger partial charge in [0, 0.05) is 38.9 Å². The molecule has 0 unspecified atom stereocenters. The highest BCUT2D eigenvalue weighted by Crippen LogP contribution is 2.31. The molecule has 1 aliphatic heterocycles. The van der Waals surface area contributed by atoms with E-state index in [9.17, 15) is 35.9 Å². The first-order valence-corrected chi connectivity index (χ1v) is 10.5. The molecule has 0 saturated carbocycles. The summed E-state index contributed by atoms with van der Waals surface area (Å²) in [6, 6.07) is 2.25. The number of carbonyl (C=O) groups is 1. The van der Waals surface area contributed by atoms with Gasteiger partial charge >= 0.3 is 12.4 Å². The molecule has 0 radical (unpaired) electrons. The Labute approximate surface area is 195 Å². The fourth-order valence-corrected chi connectivity index (χ4v) is 3.42. The van der Waals surface area contributed by atoms with Crippen LogP contribution in [0.3, 0.4) is 0 Å². The predicted molar refractivity (Wildman–Crippen MR) is 112 cm³/mol. The number of halogens is 6. The highest BCUT2D eigenvalue weighted by Gasteiger charge is 2.37. The molecule has 35 heavy (non-hydrogen) atoms. The van der Waals surface area contributed by atoms with Crippen molar-refractivity contribution < 1.29 is 35.9 Å². The summed E-state index contributed by atoms with van der Waals surface area (Å²) in [7, 11) is 0. The van der Waals surface area contributed by atoms with Crippen molar-refractivity contribution in [2.75, 3.05) is 56.2 Å². The zero-order valence-electron chi connectivity index (χ0n) is 18.2. The van der Waals surface area contributed by atoms with E-state index in [0.717, 1.165) is 18.5 Å². The van der Waals surface area contributed by atoms with Gasteiger partial charge in [0.15, 0.2) is 0 Å². The largest absolute Gasteiger partial charge is 0.423 e. The van der Waals surface area contributed by atoms with E-state index in [1.54, 1.807) is 14.9 Å². The maximum absolute atomic E-state index is 13.0. The number of nitrogens with zero attached hydrogens (tertiary/aromatic N) is 4. The van der Waals surface area contributed by atoms with E-state index < -0.39 is 34.7 Å². The zero-order chi connectivity index (χ0) is 25.6. The van der Waals surface area contributed by atoms with Gasteiger partial charge in [0.25, 0.3) is 5.56 Å². The maximum atomic E-state index is 13.0. The number of alkyl halides is 6. The van der Waals surface area contributed by atoms with Crippen LogP contribution in [0.15, 0.2) is 29.3 Å². The molecule has 0 atom stereocenters. The first-order chi connectivity index (χ1) is 16.5. The first kappa shape index (κ1) is 26.2. The van der Waals surface area contributed by atoms with Crippen molar-refractivity contribution in [2.24, 2.45) is 0 Å². The minimum Gasteiger partial charge on any atom is -0.381 e. The Bertz CT molecular complexity index is 1050. The molecule has 15 heteroatoms. The fourth-order valence-electron chi connectivity index (χ4n) is 3.42. The molecule has 0 bridgehead atoms. The Kier molecular flexibility index (Phi) is 8.19. The highest BCUT2D eigenvalue weighted by molar-refractivity contribution is 5.76. The van der Waals surface area contributed by atoms with Gasteiger partial charge in [-0.2, -0.15) is 31.4 Å². The summed E-state index contributed by atoms with van der Waals surface area (Å²) >= 11 is 0. The normalized spacial score (nSPS) is 14.8. The Morgan fingerprint density at radius 2 is 1.74 bits per heavy atom. The average molecular weight is 508 g/mol. The van der Waals surface area contributed by atoms with Crippen molar-refractivity contribution in [1.82, 2.24) is 20.1 Å². The molecule has 2 aromatic rings. The van der Waals surface area contributed by atoms with E-state index in [4.69, 9.17) is 4.74 Å². The van der Waals surface area contributed by atoms with E-state index >= 15 is 0 Å². The Morgan fingerprint density at radius 3 is 2.34 bits per heavy atom. The van der Waals surface area contributed by atoms with Gasteiger partial charge in [-0.15, -0.1) is 0 Å². The van der Waals surface area contributed by atoms with Crippen LogP contribution >= 0.6 is 0 Å². The van der Waals surface area contributed by atoms with Crippen LogP contribution in [0.1, 0.15) is 17.5 Å². The number of aromatic nitrogens is 3. The standard InChI is InChI=1S/C20H22F6N6O3/c21-19(22,23)13-1-2-15(28-11-13)31-5-7-32(8-6-31)16(33)3-9-35-10-4-27-14-12-29-30-18(34)17(14)20(24,25)26/h1-2,11-12H,3-10H2,(H2,27,30,34). The van der Waals surface area contributed by atoms with Gasteiger partial charge in [0.05, 0.1) is 37.1 Å². The second kappa shape index (κ2) is 10.9. The molecule has 1 saturated heterocycles. The number of hydrogen-bond acceptors (Lipinski definition) is 7. The van der Waals surface area contributed by atoms with Crippen LogP contribution < -0.4 is 15.8 Å². The van der Waals surface area contributed by atoms with Crippen molar-refractivity contribution in [3.05, 3.63) is 46.0 Å². The molecule has 2 N–H and O–H groups in total. The van der Waals surface area contributed by atoms with Crippen LogP contribution in [0.4, 0.5) is 37.8 Å². The number of H-pyrrole nitrogens is 1. The smallest absolute Gasteiger partial charge is 0.381 e. The van der Waals surface area contributed by atoms with Crippen LogP contribution in [0.5, 0.6) is 0 Å². The number of pyridine rings is 1. The summed E-state index contributed by atoms with van der Waals surface area (Å²) in [6.07, 6.45) is -7.63. The van der Waals surface area contributed by atoms with Crippen molar-refractivity contribution >= 4 is 17.4 Å². The van der Waals surface area contributed by atoms with Crippen molar-refractivity contribution in [1.29, 1.82) is 0 Å². The van der Waals surface area contributed by atoms with Gasteiger partial charge in [0.2, 0.25) is 5.91 Å². The molecule has 1 aliphatic rings. The number of ether oxygens (including phenoxy) is 1. The molecular weight excluding hydrogens is 486 g/mol. The van der Waals surface area contributed by atoms with Crippen LogP contribution in [0.25, 0.3) is 0 Å². The van der Waals surface area contributed by atoms with Crippen LogP contribution in [-0.2, 0) is 21.9 Å². The van der Waals surface area contributed by atoms with Crippen molar-refractivity contribution in [3.63, 3.8) is 0 Å². The lowest BCUT2D eigenvalue weighted by Gasteiger charge is -2.35.